The van der Waals surface area contributed by atoms with Crippen LogP contribution in [-0.4, -0.2) is 140 Å². The maximum Gasteiger partial charge on any atom is 0.410 e. The van der Waals surface area contributed by atoms with Crippen LogP contribution in [0.5, 0.6) is 0 Å². The van der Waals surface area contributed by atoms with E-state index in [0.29, 0.717) is 45.1 Å². The topological polar surface area (TPSA) is 201 Å². The van der Waals surface area contributed by atoms with Gasteiger partial charge in [0.15, 0.2) is 0 Å². The van der Waals surface area contributed by atoms with Crippen molar-refractivity contribution in [2.75, 3.05) is 34.9 Å². The fourth-order valence-electron chi connectivity index (χ4n) is 9.28. The number of aryl methyl sites for hydroxylation is 1. The number of likely N-dealkylation sites (N-methyl/N-ethyl adjacent to an activating group) is 2. The highest BCUT2D eigenvalue weighted by atomic mass is 32.2. The maximum absolute atomic E-state index is 14.6. The first-order valence-electron chi connectivity index (χ1n) is 24.0. The minimum atomic E-state index is -4.32. The van der Waals surface area contributed by atoms with E-state index in [0.717, 1.165) is 11.1 Å². The molecule has 0 bridgehead atoms. The van der Waals surface area contributed by atoms with Gasteiger partial charge < -0.3 is 34.6 Å². The predicted molar refractivity (Wildman–Crippen MR) is 262 cm³/mol. The Hall–Kier alpha value is -4.58. The van der Waals surface area contributed by atoms with Gasteiger partial charge in [-0.05, 0) is 93.9 Å². The molecule has 1 aliphatic rings. The number of carbonyl (C=O) groups excluding carboxylic acids is 5. The molecule has 1 saturated heterocycles. The van der Waals surface area contributed by atoms with Crippen molar-refractivity contribution < 1.29 is 51.2 Å². The highest BCUT2D eigenvalue weighted by Crippen LogP contribution is 2.30. The number of benzene rings is 2. The predicted octanol–water partition coefficient (Wildman–Crippen LogP) is 6.55. The lowest BCUT2D eigenvalue weighted by Crippen LogP contribution is -2.60. The lowest BCUT2D eigenvalue weighted by Gasteiger charge is -2.41. The summed E-state index contributed by atoms with van der Waals surface area (Å²) in [6.45, 7) is 18.9. The van der Waals surface area contributed by atoms with Crippen LogP contribution >= 0.6 is 0 Å². The summed E-state index contributed by atoms with van der Waals surface area (Å²) in [6, 6.07) is 12.7. The molecule has 3 rings (SSSR count). The minimum absolute atomic E-state index is 0.0458. The second-order valence-corrected chi connectivity index (χ2v) is 21.6. The number of likely N-dealkylation sites (tertiary alicyclic amines) is 1. The van der Waals surface area contributed by atoms with Crippen LogP contribution in [-0.2, 0) is 56.3 Å². The van der Waals surface area contributed by atoms with Crippen molar-refractivity contribution in [2.24, 2.45) is 23.7 Å². The monoisotopic (exact) mass is 972 g/mol. The zero-order valence-corrected chi connectivity index (χ0v) is 43.8. The molecule has 1 aliphatic heterocycles. The summed E-state index contributed by atoms with van der Waals surface area (Å²) >= 11 is 0. The Kier molecular flexibility index (Phi) is 22.0. The third-order valence-corrected chi connectivity index (χ3v) is 14.0. The van der Waals surface area contributed by atoms with Crippen LogP contribution < -0.4 is 10.6 Å². The molecule has 17 heteroatoms. The minimum Gasteiger partial charge on any atom is -0.444 e. The van der Waals surface area contributed by atoms with Gasteiger partial charge in [0.1, 0.15) is 17.7 Å². The van der Waals surface area contributed by atoms with Gasteiger partial charge in [0.2, 0.25) is 23.6 Å². The quantitative estimate of drug-likeness (QED) is 0.0965. The van der Waals surface area contributed by atoms with Crippen LogP contribution in [0.2, 0.25) is 0 Å². The zero-order valence-electron chi connectivity index (χ0n) is 43.0. The fraction of sp³-hybridized carbons (Fsp3) is 0.667. The second kappa shape index (κ2) is 25.9. The molecule has 5 amide bonds. The number of hydrogen-bond donors (Lipinski definition) is 3. The first kappa shape index (κ1) is 57.7. The average Bonchev–Trinajstić information content (AvgIpc) is 3.76. The molecule has 3 N–H and O–H groups in total. The van der Waals surface area contributed by atoms with Crippen molar-refractivity contribution in [3.05, 3.63) is 65.7 Å². The number of nitrogens with zero attached hydrogens (tertiary/aromatic N) is 3. The number of nitrogens with one attached hydrogen (secondary N) is 2. The molecule has 0 spiro atoms. The van der Waals surface area contributed by atoms with E-state index in [-0.39, 0.29) is 52.8 Å². The Bertz CT molecular complexity index is 2060. The summed E-state index contributed by atoms with van der Waals surface area (Å²) < 4.78 is 50.3. The van der Waals surface area contributed by atoms with E-state index in [1.54, 1.807) is 63.8 Å². The summed E-state index contributed by atoms with van der Waals surface area (Å²) in [7, 11) is 1.94. The van der Waals surface area contributed by atoms with Crippen molar-refractivity contribution in [1.82, 2.24) is 25.3 Å². The van der Waals surface area contributed by atoms with Gasteiger partial charge in [-0.25, -0.2) is 4.79 Å². The van der Waals surface area contributed by atoms with Gasteiger partial charge in [-0.1, -0.05) is 97.4 Å². The summed E-state index contributed by atoms with van der Waals surface area (Å²) in [4.78, 5) is 74.7. The number of hydrogen-bond acceptors (Lipinski definition) is 10. The van der Waals surface area contributed by atoms with Gasteiger partial charge in [-0.2, -0.15) is 8.42 Å². The first-order chi connectivity index (χ1) is 31.8. The van der Waals surface area contributed by atoms with E-state index < -0.39 is 70.0 Å². The van der Waals surface area contributed by atoms with Gasteiger partial charge >= 0.3 is 6.09 Å². The normalized spacial score (nSPS) is 17.9. The summed E-state index contributed by atoms with van der Waals surface area (Å²) in [5.41, 5.74) is 1.11. The number of methoxy groups -OCH3 is 2. The lowest BCUT2D eigenvalue weighted by molar-refractivity contribution is -0.148. The van der Waals surface area contributed by atoms with Gasteiger partial charge in [0, 0.05) is 40.9 Å². The fourth-order valence-corrected chi connectivity index (χ4v) is 9.76. The Morgan fingerprint density at radius 3 is 1.97 bits per heavy atom. The number of ether oxygens (including phenoxy) is 3. The van der Waals surface area contributed by atoms with Crippen molar-refractivity contribution >= 4 is 39.8 Å². The highest BCUT2D eigenvalue weighted by Gasteiger charge is 2.44. The van der Waals surface area contributed by atoms with E-state index >= 15 is 0 Å². The van der Waals surface area contributed by atoms with Crippen molar-refractivity contribution in [3.63, 3.8) is 0 Å². The van der Waals surface area contributed by atoms with Gasteiger partial charge in [0.25, 0.3) is 10.1 Å². The van der Waals surface area contributed by atoms with Crippen LogP contribution in [0.4, 0.5) is 4.79 Å². The smallest absolute Gasteiger partial charge is 0.410 e. The first-order valence-corrected chi connectivity index (χ1v) is 25.5. The van der Waals surface area contributed by atoms with Crippen LogP contribution in [0.3, 0.4) is 0 Å². The molecule has 0 aromatic heterocycles. The molecule has 9 unspecified atom stereocenters. The number of carbonyl (C=O) groups is 5. The van der Waals surface area contributed by atoms with Crippen molar-refractivity contribution in [3.8, 4) is 0 Å². The van der Waals surface area contributed by atoms with Crippen LogP contribution in [0.25, 0.3) is 0 Å². The third-order valence-electron chi connectivity index (χ3n) is 13.2. The standard InChI is InChI=1S/C51H81N5O11S/c1-15-34(6)45(54(11)49(60)43(32(2)3)53-48(59)44(33(4)5)55(12)50(61)67-51(8,9)10)41(65-13)31-42(57)56-29-19-22-40(56)46(66-14)35(7)47(58)52-38(30-37-20-17-16-18-21-37)26-23-36-24-27-39(28-25-36)68(62,63)64/h16-18,20-21,24-25,27-28,32-35,38,40-41,43-46H,15,19,22-23,26,29-31H2,1-14H3,(H,52,58)(H,53,59)(H,62,63,64). The van der Waals surface area contributed by atoms with Crippen LogP contribution in [0.1, 0.15) is 112 Å². The molecular weight excluding hydrogens is 891 g/mol. The zero-order chi connectivity index (χ0) is 51.3. The molecule has 9 atom stereocenters. The molecule has 2 aromatic carbocycles. The largest absolute Gasteiger partial charge is 0.444 e. The maximum atomic E-state index is 14.6. The Morgan fingerprint density at radius 2 is 1.46 bits per heavy atom. The van der Waals surface area contributed by atoms with E-state index in [4.69, 9.17) is 14.2 Å². The van der Waals surface area contributed by atoms with Gasteiger partial charge in [0.05, 0.1) is 41.5 Å². The Morgan fingerprint density at radius 1 is 0.838 bits per heavy atom. The molecule has 1 fully saturated rings. The molecule has 2 aromatic rings. The van der Waals surface area contributed by atoms with E-state index in [1.165, 1.54) is 31.2 Å². The highest BCUT2D eigenvalue weighted by molar-refractivity contribution is 7.85. The Labute approximate surface area is 406 Å². The lowest BCUT2D eigenvalue weighted by atomic mass is 9.89. The third kappa shape index (κ3) is 16.3. The molecule has 0 saturated carbocycles. The molecule has 382 valence electrons. The summed E-state index contributed by atoms with van der Waals surface area (Å²) in [5.74, 6) is -2.65. The molecular formula is C51H81N5O11S. The summed E-state index contributed by atoms with van der Waals surface area (Å²) in [6.07, 6.45) is 1.58. The van der Waals surface area contributed by atoms with Crippen molar-refractivity contribution in [2.45, 2.75) is 167 Å². The molecule has 16 nitrogen and oxygen atoms in total. The van der Waals surface area contributed by atoms with Gasteiger partial charge in [-0.15, -0.1) is 0 Å². The SMILES string of the molecule is CCC(C)C(C(CC(=O)N1CCCC1C(OC)C(C)C(=O)NC(CCc1ccc(S(=O)(=O)O)cc1)Cc1ccccc1)OC)N(C)C(=O)C(NC(=O)C(C(C)C)N(C)C(=O)OC(C)(C)C)C(C)C. The average molecular weight is 972 g/mol. The van der Waals surface area contributed by atoms with E-state index in [2.05, 4.69) is 10.6 Å². The van der Waals surface area contributed by atoms with Crippen molar-refractivity contribution in [1.29, 1.82) is 0 Å². The number of amides is 5. The molecule has 68 heavy (non-hydrogen) atoms. The van der Waals surface area contributed by atoms with Crippen LogP contribution in [0, 0.1) is 23.7 Å². The second-order valence-electron chi connectivity index (χ2n) is 20.2. The van der Waals surface area contributed by atoms with E-state index in [1.807, 2.05) is 71.9 Å². The van der Waals surface area contributed by atoms with Gasteiger partial charge in [-0.3, -0.25) is 28.6 Å². The van der Waals surface area contributed by atoms with Crippen LogP contribution in [0.15, 0.2) is 59.5 Å². The number of rotatable bonds is 24. The molecule has 0 radical (unpaired) electrons. The van der Waals surface area contributed by atoms with E-state index in [9.17, 15) is 36.9 Å². The Balaban J connectivity index is 1.81. The molecule has 0 aliphatic carbocycles. The molecule has 1 heterocycles. The summed E-state index contributed by atoms with van der Waals surface area (Å²) in [5, 5.41) is 6.20.